The molecule has 1 aliphatic rings. The molecule has 0 saturated carbocycles. The van der Waals surface area contributed by atoms with E-state index < -0.39 is 11.0 Å². The molecule has 3 nitrogen and oxygen atoms in total. The van der Waals surface area contributed by atoms with Crippen LogP contribution >= 0.6 is 11.8 Å². The van der Waals surface area contributed by atoms with Crippen LogP contribution in [0.1, 0.15) is 13.8 Å². The van der Waals surface area contributed by atoms with Gasteiger partial charge in [-0.1, -0.05) is 0 Å². The normalized spacial score (nSPS) is 21.3. The summed E-state index contributed by atoms with van der Waals surface area (Å²) in [6.07, 6.45) is 0. The maximum Gasteiger partial charge on any atom is 0.441 e. The van der Waals surface area contributed by atoms with Crippen LogP contribution in [0.25, 0.3) is 0 Å². The molecule has 1 amide bonds. The highest BCUT2D eigenvalue weighted by Crippen LogP contribution is 2.30. The van der Waals surface area contributed by atoms with Crippen LogP contribution in [-0.2, 0) is 4.79 Å². The third-order valence-electron chi connectivity index (χ3n) is 2.40. The van der Waals surface area contributed by atoms with Gasteiger partial charge in [0.2, 0.25) is 5.91 Å². The van der Waals surface area contributed by atoms with Crippen LogP contribution < -0.4 is 5.32 Å². The fourth-order valence-electron chi connectivity index (χ4n) is 1.56. The molecule has 1 saturated heterocycles. The summed E-state index contributed by atoms with van der Waals surface area (Å²) in [5.41, 5.74) is -4.88. The highest BCUT2D eigenvalue weighted by molar-refractivity contribution is 8.00. The first-order valence-electron chi connectivity index (χ1n) is 4.97. The van der Waals surface area contributed by atoms with Crippen molar-refractivity contribution in [2.45, 2.75) is 24.9 Å². The molecule has 1 rings (SSSR count). The molecular formula is C9H15F3N2OS. The number of piperazine rings is 1. The lowest BCUT2D eigenvalue weighted by atomic mass is 10.0. The second kappa shape index (κ2) is 4.83. The Kier molecular flexibility index (Phi) is 4.12. The molecule has 0 bridgehead atoms. The van der Waals surface area contributed by atoms with Crippen LogP contribution in [0.2, 0.25) is 0 Å². The van der Waals surface area contributed by atoms with Crippen LogP contribution in [-0.4, -0.2) is 47.2 Å². The van der Waals surface area contributed by atoms with Gasteiger partial charge in [0.1, 0.15) is 0 Å². The van der Waals surface area contributed by atoms with Gasteiger partial charge >= 0.3 is 5.51 Å². The Labute approximate surface area is 96.7 Å². The Morgan fingerprint density at radius 3 is 2.69 bits per heavy atom. The molecule has 1 N–H and O–H groups in total. The summed E-state index contributed by atoms with van der Waals surface area (Å²) in [5, 5.41) is 3.02. The summed E-state index contributed by atoms with van der Waals surface area (Å²) in [4.78, 5) is 13.3. The van der Waals surface area contributed by atoms with E-state index in [1.807, 2.05) is 0 Å². The molecule has 0 radical (unpaired) electrons. The van der Waals surface area contributed by atoms with Gasteiger partial charge in [-0.05, 0) is 25.6 Å². The van der Waals surface area contributed by atoms with Crippen LogP contribution in [0.15, 0.2) is 0 Å². The summed E-state index contributed by atoms with van der Waals surface area (Å²) in [7, 11) is 0. The maximum atomic E-state index is 11.9. The maximum absolute atomic E-state index is 11.9. The summed E-state index contributed by atoms with van der Waals surface area (Å²) in [6, 6.07) is 0. The van der Waals surface area contributed by atoms with Crippen molar-refractivity contribution in [3.8, 4) is 0 Å². The van der Waals surface area contributed by atoms with Crippen molar-refractivity contribution in [3.05, 3.63) is 0 Å². The first-order chi connectivity index (χ1) is 7.22. The van der Waals surface area contributed by atoms with E-state index in [1.54, 1.807) is 13.8 Å². The molecule has 16 heavy (non-hydrogen) atoms. The van der Waals surface area contributed by atoms with Gasteiger partial charge in [-0.3, -0.25) is 4.79 Å². The number of thioether (sulfide) groups is 1. The zero-order valence-electron chi connectivity index (χ0n) is 9.23. The van der Waals surface area contributed by atoms with Crippen molar-refractivity contribution in [2.75, 3.05) is 25.4 Å². The number of nitrogens with one attached hydrogen (secondary N) is 1. The molecule has 0 spiro atoms. The predicted octanol–water partition coefficient (Wildman–Crippen LogP) is 1.45. The number of hydrogen-bond acceptors (Lipinski definition) is 3. The van der Waals surface area contributed by atoms with Gasteiger partial charge in [-0.2, -0.15) is 13.2 Å². The molecule has 1 heterocycles. The lowest BCUT2D eigenvalue weighted by Gasteiger charge is -2.38. The molecule has 0 unspecified atom stereocenters. The van der Waals surface area contributed by atoms with Crippen LogP contribution in [0, 0.1) is 0 Å². The van der Waals surface area contributed by atoms with E-state index in [1.165, 1.54) is 4.90 Å². The molecule has 0 aromatic rings. The summed E-state index contributed by atoms with van der Waals surface area (Å²) >= 11 is -0.0849. The predicted molar refractivity (Wildman–Crippen MR) is 57.2 cm³/mol. The van der Waals surface area contributed by atoms with Crippen LogP contribution in [0.5, 0.6) is 0 Å². The summed E-state index contributed by atoms with van der Waals surface area (Å²) < 4.78 is 35.7. The average molecular weight is 256 g/mol. The van der Waals surface area contributed by atoms with Gasteiger partial charge in [0, 0.05) is 25.4 Å². The number of halogens is 3. The molecule has 1 fully saturated rings. The van der Waals surface area contributed by atoms with Crippen molar-refractivity contribution < 1.29 is 18.0 Å². The number of alkyl halides is 3. The van der Waals surface area contributed by atoms with Crippen LogP contribution in [0.4, 0.5) is 13.2 Å². The van der Waals surface area contributed by atoms with Gasteiger partial charge in [0.25, 0.3) is 0 Å². The smallest absolute Gasteiger partial charge is 0.339 e. The average Bonchev–Trinajstić information content (AvgIpc) is 2.10. The first-order valence-corrected chi connectivity index (χ1v) is 5.96. The van der Waals surface area contributed by atoms with Crippen molar-refractivity contribution in [3.63, 3.8) is 0 Å². The Morgan fingerprint density at radius 2 is 2.12 bits per heavy atom. The molecule has 0 atom stereocenters. The Balaban J connectivity index is 2.40. The lowest BCUT2D eigenvalue weighted by Crippen LogP contribution is -2.61. The second-order valence-corrected chi connectivity index (χ2v) is 5.30. The van der Waals surface area contributed by atoms with Crippen molar-refractivity contribution >= 4 is 17.7 Å². The molecule has 1 aliphatic heterocycles. The van der Waals surface area contributed by atoms with E-state index >= 15 is 0 Å². The summed E-state index contributed by atoms with van der Waals surface area (Å²) in [5.74, 6) is -0.243. The second-order valence-electron chi connectivity index (χ2n) is 4.14. The zero-order valence-corrected chi connectivity index (χ0v) is 10.0. The number of carbonyl (C=O) groups is 1. The number of carbonyl (C=O) groups excluding carboxylic acids is 1. The minimum atomic E-state index is -4.22. The van der Waals surface area contributed by atoms with E-state index in [0.29, 0.717) is 13.1 Å². The van der Waals surface area contributed by atoms with Gasteiger partial charge in [-0.25, -0.2) is 0 Å². The van der Waals surface area contributed by atoms with Gasteiger partial charge in [-0.15, -0.1) is 0 Å². The fourth-order valence-corrected chi connectivity index (χ4v) is 2.10. The zero-order chi connectivity index (χ0) is 12.4. The minimum Gasteiger partial charge on any atom is -0.339 e. The van der Waals surface area contributed by atoms with Crippen molar-refractivity contribution in [1.82, 2.24) is 10.2 Å². The first kappa shape index (κ1) is 13.6. The number of hydrogen-bond donors (Lipinski definition) is 1. The molecule has 0 aliphatic carbocycles. The van der Waals surface area contributed by atoms with E-state index in [9.17, 15) is 18.0 Å². The minimum absolute atomic E-state index is 0.0849. The Bertz CT molecular complexity index is 268. The van der Waals surface area contributed by atoms with Gasteiger partial charge in [0.15, 0.2) is 0 Å². The number of amides is 1. The number of rotatable bonds is 3. The third-order valence-corrected chi connectivity index (χ3v) is 3.11. The Hall–Kier alpha value is -0.430. The third kappa shape index (κ3) is 3.86. The number of nitrogens with zero attached hydrogens (tertiary/aromatic N) is 1. The SMILES string of the molecule is CC1(C)NCCN(CCSC(F)(F)F)C1=O. The van der Waals surface area contributed by atoms with E-state index in [-0.39, 0.29) is 30.0 Å². The van der Waals surface area contributed by atoms with E-state index in [4.69, 9.17) is 0 Å². The van der Waals surface area contributed by atoms with E-state index in [2.05, 4.69) is 5.32 Å². The highest BCUT2D eigenvalue weighted by atomic mass is 32.2. The summed E-state index contributed by atoms with van der Waals surface area (Å²) in [6.45, 7) is 4.71. The van der Waals surface area contributed by atoms with E-state index in [0.717, 1.165) is 0 Å². The monoisotopic (exact) mass is 256 g/mol. The molecule has 7 heteroatoms. The van der Waals surface area contributed by atoms with Crippen molar-refractivity contribution in [1.29, 1.82) is 0 Å². The molecule has 0 aromatic heterocycles. The topological polar surface area (TPSA) is 32.3 Å². The fraction of sp³-hybridized carbons (Fsp3) is 0.889. The van der Waals surface area contributed by atoms with Gasteiger partial charge in [0.05, 0.1) is 5.54 Å². The standard InChI is InChI=1S/C9H15F3N2OS/c1-8(2)7(15)14(4-3-13-8)5-6-16-9(10,11)12/h13H,3-6H2,1-2H3. The van der Waals surface area contributed by atoms with Crippen LogP contribution in [0.3, 0.4) is 0 Å². The molecule has 94 valence electrons. The Morgan fingerprint density at radius 1 is 1.50 bits per heavy atom. The molecular weight excluding hydrogens is 241 g/mol. The molecule has 0 aromatic carbocycles. The van der Waals surface area contributed by atoms with Gasteiger partial charge < -0.3 is 10.2 Å². The lowest BCUT2D eigenvalue weighted by molar-refractivity contribution is -0.139. The van der Waals surface area contributed by atoms with Crippen molar-refractivity contribution in [2.24, 2.45) is 0 Å². The highest BCUT2D eigenvalue weighted by Gasteiger charge is 2.35. The largest absolute Gasteiger partial charge is 0.441 e. The quantitative estimate of drug-likeness (QED) is 0.829.